The average molecular weight is 312 g/mol. The molecule has 1 aliphatic rings. The molecule has 22 heavy (non-hydrogen) atoms. The van der Waals surface area contributed by atoms with Gasteiger partial charge < -0.3 is 21.9 Å². The zero-order chi connectivity index (χ0) is 14.2. The van der Waals surface area contributed by atoms with Gasteiger partial charge in [-0.3, -0.25) is 0 Å². The molecule has 0 fully saturated rings. The van der Waals surface area contributed by atoms with Crippen LogP contribution in [-0.4, -0.2) is 23.1 Å². The third-order valence-electron chi connectivity index (χ3n) is 4.54. The van der Waals surface area contributed by atoms with Crippen molar-refractivity contribution in [2.24, 2.45) is 0 Å². The Kier molecular flexibility index (Phi) is 4.23. The third kappa shape index (κ3) is 2.53. The van der Waals surface area contributed by atoms with E-state index in [0.29, 0.717) is 0 Å². The maximum atomic E-state index is 2.52. The quantitative estimate of drug-likeness (QED) is 0.676. The largest absolute Gasteiger partial charge is 1.00 e. The summed E-state index contributed by atoms with van der Waals surface area (Å²) >= 11 is 0. The summed E-state index contributed by atoms with van der Waals surface area (Å²) in [4.78, 5) is 2.42. The number of fused-ring (bicyclic) bond motifs is 3. The fraction of sp³-hybridized carbons (Fsp3) is 0.263. The number of hydrogen-bond acceptors (Lipinski definition) is 1. The summed E-state index contributed by atoms with van der Waals surface area (Å²) in [5.41, 5.74) is 5.80. The van der Waals surface area contributed by atoms with Crippen molar-refractivity contribution in [3.63, 3.8) is 0 Å². The van der Waals surface area contributed by atoms with Crippen molar-refractivity contribution < 1.29 is 12.4 Å². The van der Waals surface area contributed by atoms with Gasteiger partial charge in [-0.05, 0) is 24.2 Å². The Hall–Kier alpha value is -1.77. The molecule has 114 valence electrons. The van der Waals surface area contributed by atoms with Gasteiger partial charge in [-0.1, -0.05) is 48.5 Å². The van der Waals surface area contributed by atoms with Crippen molar-refractivity contribution >= 4 is 10.9 Å². The van der Waals surface area contributed by atoms with Gasteiger partial charge >= 0.3 is 0 Å². The van der Waals surface area contributed by atoms with E-state index in [2.05, 4.69) is 71.1 Å². The first-order valence-corrected chi connectivity index (χ1v) is 7.64. The van der Waals surface area contributed by atoms with Gasteiger partial charge in [0, 0.05) is 42.7 Å². The van der Waals surface area contributed by atoms with E-state index in [4.69, 9.17) is 0 Å². The van der Waals surface area contributed by atoms with E-state index in [1.165, 1.54) is 27.7 Å². The Balaban J connectivity index is 0.00000144. The second-order valence-corrected chi connectivity index (χ2v) is 6.00. The first-order valence-electron chi connectivity index (χ1n) is 7.64. The third-order valence-corrected chi connectivity index (χ3v) is 4.54. The number of para-hydroxylation sites is 1. The highest BCUT2D eigenvalue weighted by Crippen LogP contribution is 2.31. The second kappa shape index (κ2) is 6.15. The number of aromatic nitrogens is 1. The van der Waals surface area contributed by atoms with Crippen LogP contribution >= 0.6 is 0 Å². The molecule has 3 heteroatoms. The Morgan fingerprint density at radius 2 is 1.68 bits per heavy atom. The molecule has 0 spiro atoms. The smallest absolute Gasteiger partial charge is 0.0489 e. The molecular weight excluding hydrogens is 292 g/mol. The number of hydrogen-bond donors (Lipinski definition) is 0. The van der Waals surface area contributed by atoms with Gasteiger partial charge in [0.15, 0.2) is 0 Å². The molecular formula is C19H20ClN2-. The van der Waals surface area contributed by atoms with Gasteiger partial charge in [-0.25, -0.2) is 0 Å². The van der Waals surface area contributed by atoms with Crippen LogP contribution in [0, 0.1) is 0 Å². The zero-order valence-corrected chi connectivity index (χ0v) is 13.6. The van der Waals surface area contributed by atoms with Crippen molar-refractivity contribution in [3.8, 4) is 0 Å². The fourth-order valence-corrected chi connectivity index (χ4v) is 3.48. The Bertz CT molecular complexity index is 777. The lowest BCUT2D eigenvalue weighted by Gasteiger charge is -2.24. The van der Waals surface area contributed by atoms with Crippen LogP contribution < -0.4 is 12.4 Å². The maximum absolute atomic E-state index is 2.52. The first kappa shape index (κ1) is 15.1. The molecule has 2 nitrogen and oxygen atoms in total. The topological polar surface area (TPSA) is 8.17 Å². The summed E-state index contributed by atoms with van der Waals surface area (Å²) < 4.78 is 2.52. The molecule has 0 bridgehead atoms. The van der Waals surface area contributed by atoms with Crippen molar-refractivity contribution in [1.29, 1.82) is 0 Å². The molecule has 4 rings (SSSR count). The predicted molar refractivity (Wildman–Crippen MR) is 87.5 cm³/mol. The van der Waals surface area contributed by atoms with Crippen LogP contribution in [0.15, 0.2) is 54.6 Å². The molecule has 0 unspecified atom stereocenters. The summed E-state index contributed by atoms with van der Waals surface area (Å²) in [5, 5.41) is 1.43. The standard InChI is InChI=1S/C19H20N2.ClH/c1-20-12-11-19-17(14-20)16-9-5-6-10-18(16)21(19)13-15-7-3-2-4-8-15;/h2-10H,11-14H2,1H3;1H/p-1. The van der Waals surface area contributed by atoms with Gasteiger partial charge in [0.2, 0.25) is 0 Å². The van der Waals surface area contributed by atoms with Crippen LogP contribution in [0.1, 0.15) is 16.8 Å². The van der Waals surface area contributed by atoms with Crippen LogP contribution in [0.25, 0.3) is 10.9 Å². The highest BCUT2D eigenvalue weighted by Gasteiger charge is 2.21. The highest BCUT2D eigenvalue weighted by atomic mass is 35.5. The lowest BCUT2D eigenvalue weighted by Crippen LogP contribution is -3.00. The minimum atomic E-state index is 0. The molecule has 0 saturated heterocycles. The van der Waals surface area contributed by atoms with Crippen LogP contribution in [0.5, 0.6) is 0 Å². The van der Waals surface area contributed by atoms with E-state index in [9.17, 15) is 0 Å². The van der Waals surface area contributed by atoms with Crippen LogP contribution in [0.4, 0.5) is 0 Å². The van der Waals surface area contributed by atoms with Gasteiger partial charge in [0.05, 0.1) is 0 Å². The lowest BCUT2D eigenvalue weighted by molar-refractivity contribution is -0.00000421. The summed E-state index contributed by atoms with van der Waals surface area (Å²) in [7, 11) is 2.21. The summed E-state index contributed by atoms with van der Waals surface area (Å²) in [6.45, 7) is 3.19. The molecule has 0 N–H and O–H groups in total. The lowest BCUT2D eigenvalue weighted by atomic mass is 10.1. The average Bonchev–Trinajstić information content (AvgIpc) is 2.82. The van der Waals surface area contributed by atoms with Crippen LogP contribution in [-0.2, 0) is 19.5 Å². The molecule has 0 radical (unpaired) electrons. The van der Waals surface area contributed by atoms with Crippen LogP contribution in [0.2, 0.25) is 0 Å². The summed E-state index contributed by atoms with van der Waals surface area (Å²) in [5.74, 6) is 0. The predicted octanol–water partition coefficient (Wildman–Crippen LogP) is 0.681. The normalized spacial score (nSPS) is 14.6. The number of nitrogens with zero attached hydrogens (tertiary/aromatic N) is 2. The monoisotopic (exact) mass is 311 g/mol. The van der Waals surface area contributed by atoms with Gasteiger partial charge in [0.1, 0.15) is 0 Å². The molecule has 2 heterocycles. The Labute approximate surface area is 137 Å². The minimum Gasteiger partial charge on any atom is -1.00 e. The number of halogens is 1. The zero-order valence-electron chi connectivity index (χ0n) is 12.8. The van der Waals surface area contributed by atoms with Crippen molar-refractivity contribution in [2.45, 2.75) is 19.5 Å². The van der Waals surface area contributed by atoms with E-state index in [-0.39, 0.29) is 12.4 Å². The molecule has 0 saturated carbocycles. The molecule has 0 aliphatic carbocycles. The first-order chi connectivity index (χ1) is 10.3. The van der Waals surface area contributed by atoms with Gasteiger partial charge in [0.25, 0.3) is 0 Å². The van der Waals surface area contributed by atoms with E-state index in [1.54, 1.807) is 0 Å². The maximum Gasteiger partial charge on any atom is 0.0489 e. The highest BCUT2D eigenvalue weighted by molar-refractivity contribution is 5.86. The molecule has 1 aromatic heterocycles. The molecule has 0 amide bonds. The second-order valence-electron chi connectivity index (χ2n) is 6.00. The van der Waals surface area contributed by atoms with Gasteiger partial charge in [-0.15, -0.1) is 0 Å². The van der Waals surface area contributed by atoms with E-state index < -0.39 is 0 Å². The number of rotatable bonds is 2. The molecule has 0 atom stereocenters. The Morgan fingerprint density at radius 1 is 0.955 bits per heavy atom. The fourth-order valence-electron chi connectivity index (χ4n) is 3.48. The van der Waals surface area contributed by atoms with Crippen LogP contribution in [0.3, 0.4) is 0 Å². The molecule has 3 aromatic rings. The van der Waals surface area contributed by atoms with E-state index >= 15 is 0 Å². The van der Waals surface area contributed by atoms with E-state index in [1.807, 2.05) is 0 Å². The number of benzene rings is 2. The molecule has 2 aromatic carbocycles. The Morgan fingerprint density at radius 3 is 2.50 bits per heavy atom. The molecule has 1 aliphatic heterocycles. The summed E-state index contributed by atoms with van der Waals surface area (Å²) in [6, 6.07) is 19.6. The summed E-state index contributed by atoms with van der Waals surface area (Å²) in [6.07, 6.45) is 1.15. The minimum absolute atomic E-state index is 0. The van der Waals surface area contributed by atoms with Crippen molar-refractivity contribution in [1.82, 2.24) is 9.47 Å². The SMILES string of the molecule is CN1CCc2c(c3ccccc3n2Cc2ccccc2)C1.[Cl-]. The number of likely N-dealkylation sites (N-methyl/N-ethyl adjacent to an activating group) is 1. The van der Waals surface area contributed by atoms with E-state index in [0.717, 1.165) is 26.1 Å². The van der Waals surface area contributed by atoms with Crippen molar-refractivity contribution in [2.75, 3.05) is 13.6 Å². The van der Waals surface area contributed by atoms with Crippen molar-refractivity contribution in [3.05, 3.63) is 71.4 Å². The van der Waals surface area contributed by atoms with Gasteiger partial charge in [-0.2, -0.15) is 0 Å².